The third-order valence-corrected chi connectivity index (χ3v) is 2.95. The average Bonchev–Trinajstić information content (AvgIpc) is 2.59. The molecule has 5 heteroatoms. The summed E-state index contributed by atoms with van der Waals surface area (Å²) >= 11 is 0. The van der Waals surface area contributed by atoms with Crippen LogP contribution in [0.1, 0.15) is 12.8 Å². The molecule has 1 fully saturated rings. The summed E-state index contributed by atoms with van der Waals surface area (Å²) in [5.74, 6) is -0.942. The van der Waals surface area contributed by atoms with Gasteiger partial charge in [-0.15, -0.1) is 12.4 Å². The second-order valence-electron chi connectivity index (χ2n) is 4.19. The molecule has 0 aromatic heterocycles. The van der Waals surface area contributed by atoms with E-state index in [9.17, 15) is 8.78 Å². The lowest BCUT2D eigenvalue weighted by atomic mass is 10.2. The summed E-state index contributed by atoms with van der Waals surface area (Å²) in [6.07, 6.45) is 2.23. The minimum atomic E-state index is -0.602. The van der Waals surface area contributed by atoms with Gasteiger partial charge in [-0.25, -0.2) is 8.78 Å². The van der Waals surface area contributed by atoms with Gasteiger partial charge in [0.05, 0.1) is 0 Å². The van der Waals surface area contributed by atoms with Gasteiger partial charge in [0, 0.05) is 24.2 Å². The zero-order chi connectivity index (χ0) is 11.5. The van der Waals surface area contributed by atoms with Crippen molar-refractivity contribution >= 4 is 12.4 Å². The lowest BCUT2D eigenvalue weighted by Gasteiger charge is -2.19. The van der Waals surface area contributed by atoms with Gasteiger partial charge in [-0.3, -0.25) is 0 Å². The number of benzene rings is 1. The summed E-state index contributed by atoms with van der Waals surface area (Å²) in [6, 6.07) is 3.61. The van der Waals surface area contributed by atoms with Crippen molar-refractivity contribution in [3.05, 3.63) is 29.8 Å². The molecule has 1 aromatic carbocycles. The molecule has 2 rings (SSSR count). The molecule has 1 aliphatic rings. The highest BCUT2D eigenvalue weighted by Gasteiger charge is 2.21. The molecule has 1 aliphatic heterocycles. The van der Waals surface area contributed by atoms with Crippen molar-refractivity contribution in [1.82, 2.24) is 4.90 Å². The van der Waals surface area contributed by atoms with Crippen LogP contribution in [0.3, 0.4) is 0 Å². The molecule has 17 heavy (non-hydrogen) atoms. The molecule has 1 atom stereocenters. The van der Waals surface area contributed by atoms with E-state index in [-0.39, 0.29) is 18.2 Å². The van der Waals surface area contributed by atoms with Gasteiger partial charge in [0.25, 0.3) is 0 Å². The number of nitrogens with zero attached hydrogens (tertiary/aromatic N) is 1. The van der Waals surface area contributed by atoms with Crippen molar-refractivity contribution in [2.75, 3.05) is 20.2 Å². The van der Waals surface area contributed by atoms with Crippen LogP contribution in [-0.4, -0.2) is 31.1 Å². The number of rotatable bonds is 3. The Morgan fingerprint density at radius 2 is 1.94 bits per heavy atom. The molecule has 2 nitrogen and oxygen atoms in total. The van der Waals surface area contributed by atoms with Gasteiger partial charge < -0.3 is 9.64 Å². The smallest absolute Gasteiger partial charge is 0.129 e. The van der Waals surface area contributed by atoms with Crippen LogP contribution in [0.4, 0.5) is 8.78 Å². The predicted molar refractivity (Wildman–Crippen MR) is 64.8 cm³/mol. The zero-order valence-electron chi connectivity index (χ0n) is 9.66. The Morgan fingerprint density at radius 1 is 1.29 bits per heavy atom. The first-order chi connectivity index (χ1) is 7.65. The van der Waals surface area contributed by atoms with Gasteiger partial charge in [-0.05, 0) is 26.4 Å². The van der Waals surface area contributed by atoms with E-state index in [1.54, 1.807) is 0 Å². The van der Waals surface area contributed by atoms with Crippen LogP contribution in [0.2, 0.25) is 0 Å². The second-order valence-corrected chi connectivity index (χ2v) is 4.19. The van der Waals surface area contributed by atoms with Gasteiger partial charge in [0.2, 0.25) is 0 Å². The van der Waals surface area contributed by atoms with Crippen LogP contribution in [0.15, 0.2) is 18.2 Å². The van der Waals surface area contributed by atoms with Crippen LogP contribution >= 0.6 is 12.4 Å². The first-order valence-electron chi connectivity index (χ1n) is 5.44. The zero-order valence-corrected chi connectivity index (χ0v) is 10.5. The Balaban J connectivity index is 0.00000144. The molecule has 1 heterocycles. The summed E-state index contributed by atoms with van der Waals surface area (Å²) in [4.78, 5) is 2.20. The first kappa shape index (κ1) is 14.2. The predicted octanol–water partition coefficient (Wildman–Crippen LogP) is 2.86. The molecule has 0 unspecified atom stereocenters. The molecule has 0 bridgehead atoms. The van der Waals surface area contributed by atoms with E-state index < -0.39 is 11.6 Å². The summed E-state index contributed by atoms with van der Waals surface area (Å²) in [5.41, 5.74) is 0. The van der Waals surface area contributed by atoms with E-state index in [0.29, 0.717) is 12.6 Å². The van der Waals surface area contributed by atoms with Crippen molar-refractivity contribution in [3.8, 4) is 5.75 Å². The number of halogens is 3. The average molecular weight is 264 g/mol. The topological polar surface area (TPSA) is 12.5 Å². The maximum Gasteiger partial charge on any atom is 0.129 e. The fourth-order valence-electron chi connectivity index (χ4n) is 1.99. The SMILES string of the molecule is CN1CCC[C@H]1COc1cc(F)cc(F)c1.Cl. The lowest BCUT2D eigenvalue weighted by Crippen LogP contribution is -2.30. The second kappa shape index (κ2) is 6.17. The van der Waals surface area contributed by atoms with Gasteiger partial charge in [0.1, 0.15) is 24.0 Å². The molecule has 0 amide bonds. The first-order valence-corrected chi connectivity index (χ1v) is 5.44. The van der Waals surface area contributed by atoms with Gasteiger partial charge in [-0.1, -0.05) is 0 Å². The highest BCUT2D eigenvalue weighted by Crippen LogP contribution is 2.19. The van der Waals surface area contributed by atoms with Crippen LogP contribution in [0.5, 0.6) is 5.75 Å². The van der Waals surface area contributed by atoms with E-state index in [0.717, 1.165) is 25.5 Å². The fourth-order valence-corrected chi connectivity index (χ4v) is 1.99. The van der Waals surface area contributed by atoms with Crippen molar-refractivity contribution in [2.45, 2.75) is 18.9 Å². The number of likely N-dealkylation sites (N-methyl/N-ethyl adjacent to an activating group) is 1. The molecule has 0 aliphatic carbocycles. The largest absolute Gasteiger partial charge is 0.492 e. The van der Waals surface area contributed by atoms with Crippen molar-refractivity contribution in [3.63, 3.8) is 0 Å². The van der Waals surface area contributed by atoms with Crippen molar-refractivity contribution in [2.24, 2.45) is 0 Å². The van der Waals surface area contributed by atoms with E-state index in [1.807, 2.05) is 7.05 Å². The molecule has 96 valence electrons. The normalized spacial score (nSPS) is 20.1. The molecular weight excluding hydrogens is 248 g/mol. The highest BCUT2D eigenvalue weighted by atomic mass is 35.5. The van der Waals surface area contributed by atoms with Gasteiger partial charge in [0.15, 0.2) is 0 Å². The van der Waals surface area contributed by atoms with Crippen molar-refractivity contribution < 1.29 is 13.5 Å². The Bertz CT molecular complexity index is 355. The quantitative estimate of drug-likeness (QED) is 0.832. The Hall–Kier alpha value is -0.870. The van der Waals surface area contributed by atoms with Crippen LogP contribution < -0.4 is 4.74 Å². The molecule has 0 spiro atoms. The fraction of sp³-hybridized carbons (Fsp3) is 0.500. The van der Waals surface area contributed by atoms with Gasteiger partial charge in [-0.2, -0.15) is 0 Å². The maximum absolute atomic E-state index is 12.9. The van der Waals surface area contributed by atoms with E-state index in [4.69, 9.17) is 4.74 Å². The Labute approximate surface area is 106 Å². The number of hydrogen-bond donors (Lipinski definition) is 0. The van der Waals surface area contributed by atoms with E-state index in [2.05, 4.69) is 4.90 Å². The van der Waals surface area contributed by atoms with E-state index >= 15 is 0 Å². The highest BCUT2D eigenvalue weighted by molar-refractivity contribution is 5.85. The van der Waals surface area contributed by atoms with Gasteiger partial charge >= 0.3 is 0 Å². The monoisotopic (exact) mass is 263 g/mol. The number of ether oxygens (including phenoxy) is 1. The molecule has 0 saturated carbocycles. The molecule has 1 aromatic rings. The third-order valence-electron chi connectivity index (χ3n) is 2.95. The molecular formula is C12H16ClF2NO. The summed E-state index contributed by atoms with van der Waals surface area (Å²) in [6.45, 7) is 1.55. The van der Waals surface area contributed by atoms with E-state index in [1.165, 1.54) is 12.1 Å². The summed E-state index contributed by atoms with van der Waals surface area (Å²) < 4.78 is 31.1. The summed E-state index contributed by atoms with van der Waals surface area (Å²) in [5, 5.41) is 0. The minimum absolute atomic E-state index is 0. The maximum atomic E-state index is 12.9. The molecule has 0 N–H and O–H groups in total. The molecule has 0 radical (unpaired) electrons. The van der Waals surface area contributed by atoms with Crippen LogP contribution in [0.25, 0.3) is 0 Å². The Morgan fingerprint density at radius 3 is 2.47 bits per heavy atom. The van der Waals surface area contributed by atoms with Crippen LogP contribution in [-0.2, 0) is 0 Å². The number of hydrogen-bond acceptors (Lipinski definition) is 2. The number of likely N-dealkylation sites (tertiary alicyclic amines) is 1. The lowest BCUT2D eigenvalue weighted by molar-refractivity contribution is 0.197. The third kappa shape index (κ3) is 3.82. The van der Waals surface area contributed by atoms with Crippen molar-refractivity contribution in [1.29, 1.82) is 0 Å². The minimum Gasteiger partial charge on any atom is -0.492 e. The Kier molecular flexibility index (Phi) is 5.15. The van der Waals surface area contributed by atoms with Crippen LogP contribution in [0, 0.1) is 11.6 Å². The standard InChI is InChI=1S/C12H15F2NO.ClH/c1-15-4-2-3-11(15)8-16-12-6-9(13)5-10(14)7-12;/h5-7,11H,2-4,8H2,1H3;1H/t11-;/m0./s1. The molecule has 1 saturated heterocycles. The summed E-state index contributed by atoms with van der Waals surface area (Å²) in [7, 11) is 2.03.